The van der Waals surface area contributed by atoms with Crippen molar-refractivity contribution in [3.63, 3.8) is 0 Å². The number of rotatable bonds is 7. The normalized spacial score (nSPS) is 17.3. The molecule has 1 heterocycles. The SMILES string of the molecule is CCCCN(CCCC)C(=O)C1Cc2ccccc2CN1. The number of hydrogen-bond acceptors (Lipinski definition) is 2. The zero-order valence-electron chi connectivity index (χ0n) is 13.4. The van der Waals surface area contributed by atoms with E-state index in [9.17, 15) is 4.79 Å². The van der Waals surface area contributed by atoms with Gasteiger partial charge in [0.1, 0.15) is 0 Å². The summed E-state index contributed by atoms with van der Waals surface area (Å²) in [5, 5.41) is 3.42. The van der Waals surface area contributed by atoms with Crippen LogP contribution in [0.3, 0.4) is 0 Å². The zero-order valence-corrected chi connectivity index (χ0v) is 13.4. The van der Waals surface area contributed by atoms with Crippen molar-refractivity contribution >= 4 is 5.91 Å². The topological polar surface area (TPSA) is 32.3 Å². The fraction of sp³-hybridized carbons (Fsp3) is 0.611. The molecule has 116 valence electrons. The lowest BCUT2D eigenvalue weighted by Gasteiger charge is -2.31. The maximum absolute atomic E-state index is 12.8. The maximum Gasteiger partial charge on any atom is 0.240 e. The monoisotopic (exact) mass is 288 g/mol. The molecule has 2 rings (SSSR count). The number of hydrogen-bond donors (Lipinski definition) is 1. The largest absolute Gasteiger partial charge is 0.341 e. The Balaban J connectivity index is 2.00. The molecular formula is C18H28N2O. The molecule has 0 radical (unpaired) electrons. The third-order valence-electron chi connectivity index (χ3n) is 4.25. The Kier molecular flexibility index (Phi) is 6.24. The van der Waals surface area contributed by atoms with Gasteiger partial charge in [0.2, 0.25) is 5.91 Å². The van der Waals surface area contributed by atoms with Gasteiger partial charge in [-0.25, -0.2) is 0 Å². The van der Waals surface area contributed by atoms with Gasteiger partial charge in [-0.2, -0.15) is 0 Å². The van der Waals surface area contributed by atoms with Crippen molar-refractivity contribution in [3.8, 4) is 0 Å². The summed E-state index contributed by atoms with van der Waals surface area (Å²) in [6.07, 6.45) is 5.29. The third kappa shape index (κ3) is 4.31. The molecule has 1 aliphatic heterocycles. The molecular weight excluding hydrogens is 260 g/mol. The Morgan fingerprint density at radius 2 is 1.76 bits per heavy atom. The lowest BCUT2D eigenvalue weighted by Crippen LogP contribution is -2.50. The fourth-order valence-corrected chi connectivity index (χ4v) is 2.88. The van der Waals surface area contributed by atoms with Crippen LogP contribution in [0.25, 0.3) is 0 Å². The minimum absolute atomic E-state index is 0.0476. The third-order valence-corrected chi connectivity index (χ3v) is 4.25. The minimum Gasteiger partial charge on any atom is -0.341 e. The summed E-state index contributed by atoms with van der Waals surface area (Å²) < 4.78 is 0. The van der Waals surface area contributed by atoms with Gasteiger partial charge in [-0.1, -0.05) is 51.0 Å². The lowest BCUT2D eigenvalue weighted by molar-refractivity contribution is -0.133. The molecule has 0 saturated carbocycles. The molecule has 1 unspecified atom stereocenters. The zero-order chi connectivity index (χ0) is 15.1. The van der Waals surface area contributed by atoms with Crippen LogP contribution in [0.2, 0.25) is 0 Å². The molecule has 0 spiro atoms. The molecule has 0 aliphatic carbocycles. The van der Waals surface area contributed by atoms with Crippen LogP contribution in [0.1, 0.15) is 50.7 Å². The van der Waals surface area contributed by atoms with Gasteiger partial charge in [0, 0.05) is 19.6 Å². The Hall–Kier alpha value is -1.35. The number of benzene rings is 1. The molecule has 3 heteroatoms. The van der Waals surface area contributed by atoms with E-state index in [1.807, 2.05) is 0 Å². The summed E-state index contributed by atoms with van der Waals surface area (Å²) in [6, 6.07) is 8.39. The van der Waals surface area contributed by atoms with E-state index in [1.165, 1.54) is 11.1 Å². The van der Waals surface area contributed by atoms with Gasteiger partial charge in [0.15, 0.2) is 0 Å². The predicted octanol–water partition coefficient (Wildman–Crippen LogP) is 3.13. The van der Waals surface area contributed by atoms with E-state index in [4.69, 9.17) is 0 Å². The Morgan fingerprint density at radius 1 is 1.14 bits per heavy atom. The highest BCUT2D eigenvalue weighted by atomic mass is 16.2. The first-order valence-corrected chi connectivity index (χ1v) is 8.35. The first-order chi connectivity index (χ1) is 10.3. The lowest BCUT2D eigenvalue weighted by atomic mass is 9.95. The summed E-state index contributed by atoms with van der Waals surface area (Å²) in [6.45, 7) is 6.96. The van der Waals surface area contributed by atoms with Crippen molar-refractivity contribution < 1.29 is 4.79 Å². The minimum atomic E-state index is -0.0476. The van der Waals surface area contributed by atoms with Crippen LogP contribution < -0.4 is 5.32 Å². The molecule has 0 saturated heterocycles. The fourth-order valence-electron chi connectivity index (χ4n) is 2.88. The van der Waals surface area contributed by atoms with E-state index in [1.54, 1.807) is 0 Å². The standard InChI is InChI=1S/C18H28N2O/c1-3-5-11-20(12-6-4-2)18(21)17-13-15-9-7-8-10-16(15)14-19-17/h7-10,17,19H,3-6,11-14H2,1-2H3. The van der Waals surface area contributed by atoms with Crippen molar-refractivity contribution in [1.82, 2.24) is 10.2 Å². The second kappa shape index (κ2) is 8.18. The second-order valence-electron chi connectivity index (χ2n) is 5.94. The number of nitrogens with zero attached hydrogens (tertiary/aromatic N) is 1. The first-order valence-electron chi connectivity index (χ1n) is 8.35. The first kappa shape index (κ1) is 16.0. The molecule has 1 N–H and O–H groups in total. The van der Waals surface area contributed by atoms with Crippen molar-refractivity contribution in [2.75, 3.05) is 13.1 Å². The van der Waals surface area contributed by atoms with Gasteiger partial charge in [-0.05, 0) is 30.4 Å². The quantitative estimate of drug-likeness (QED) is 0.836. The van der Waals surface area contributed by atoms with Crippen LogP contribution in [-0.2, 0) is 17.8 Å². The summed E-state index contributed by atoms with van der Waals surface area (Å²) in [4.78, 5) is 14.9. The summed E-state index contributed by atoms with van der Waals surface area (Å²) in [5.74, 6) is 0.284. The Labute approximate surface area is 128 Å². The van der Waals surface area contributed by atoms with E-state index >= 15 is 0 Å². The molecule has 0 aromatic heterocycles. The summed E-state index contributed by atoms with van der Waals surface area (Å²) >= 11 is 0. The van der Waals surface area contributed by atoms with Crippen LogP contribution in [0.5, 0.6) is 0 Å². The van der Waals surface area contributed by atoms with Crippen molar-refractivity contribution in [2.24, 2.45) is 0 Å². The van der Waals surface area contributed by atoms with E-state index in [-0.39, 0.29) is 11.9 Å². The van der Waals surface area contributed by atoms with Crippen LogP contribution in [-0.4, -0.2) is 29.9 Å². The van der Waals surface area contributed by atoms with Gasteiger partial charge in [-0.3, -0.25) is 4.79 Å². The summed E-state index contributed by atoms with van der Waals surface area (Å²) in [5.41, 5.74) is 2.65. The van der Waals surface area contributed by atoms with Crippen LogP contribution in [0, 0.1) is 0 Å². The van der Waals surface area contributed by atoms with Gasteiger partial charge < -0.3 is 10.2 Å². The van der Waals surface area contributed by atoms with Crippen LogP contribution >= 0.6 is 0 Å². The van der Waals surface area contributed by atoms with E-state index in [2.05, 4.69) is 48.3 Å². The Bertz CT molecular complexity index is 450. The molecule has 1 atom stereocenters. The van der Waals surface area contributed by atoms with Gasteiger partial charge in [-0.15, -0.1) is 0 Å². The molecule has 1 amide bonds. The molecule has 1 aliphatic rings. The number of unbranched alkanes of at least 4 members (excludes halogenated alkanes) is 2. The van der Waals surface area contributed by atoms with E-state index in [0.717, 1.165) is 51.7 Å². The summed E-state index contributed by atoms with van der Waals surface area (Å²) in [7, 11) is 0. The van der Waals surface area contributed by atoms with Crippen molar-refractivity contribution in [1.29, 1.82) is 0 Å². The molecule has 21 heavy (non-hydrogen) atoms. The smallest absolute Gasteiger partial charge is 0.240 e. The molecule has 1 aromatic rings. The average molecular weight is 288 g/mol. The number of carbonyl (C=O) groups excluding carboxylic acids is 1. The average Bonchev–Trinajstić information content (AvgIpc) is 2.54. The molecule has 0 bridgehead atoms. The van der Waals surface area contributed by atoms with E-state index in [0.29, 0.717) is 0 Å². The predicted molar refractivity (Wildman–Crippen MR) is 87.2 cm³/mol. The molecule has 3 nitrogen and oxygen atoms in total. The van der Waals surface area contributed by atoms with Gasteiger partial charge >= 0.3 is 0 Å². The van der Waals surface area contributed by atoms with Gasteiger partial charge in [0.25, 0.3) is 0 Å². The highest BCUT2D eigenvalue weighted by molar-refractivity contribution is 5.82. The Morgan fingerprint density at radius 3 is 2.38 bits per heavy atom. The number of fused-ring (bicyclic) bond motifs is 1. The highest BCUT2D eigenvalue weighted by Gasteiger charge is 2.27. The van der Waals surface area contributed by atoms with Crippen LogP contribution in [0.4, 0.5) is 0 Å². The van der Waals surface area contributed by atoms with Crippen molar-refractivity contribution in [2.45, 2.75) is 58.5 Å². The second-order valence-corrected chi connectivity index (χ2v) is 5.94. The maximum atomic E-state index is 12.8. The number of carbonyl (C=O) groups is 1. The number of amides is 1. The molecule has 1 aromatic carbocycles. The highest BCUT2D eigenvalue weighted by Crippen LogP contribution is 2.17. The number of nitrogens with one attached hydrogen (secondary N) is 1. The van der Waals surface area contributed by atoms with E-state index < -0.39 is 0 Å². The molecule has 0 fully saturated rings. The van der Waals surface area contributed by atoms with Crippen LogP contribution in [0.15, 0.2) is 24.3 Å². The van der Waals surface area contributed by atoms with Crippen molar-refractivity contribution in [3.05, 3.63) is 35.4 Å². The van der Waals surface area contributed by atoms with Gasteiger partial charge in [0.05, 0.1) is 6.04 Å².